The predicted molar refractivity (Wildman–Crippen MR) is 104 cm³/mol. The molecule has 8 heteroatoms. The number of aromatic carboxylic acids is 1. The predicted octanol–water partition coefficient (Wildman–Crippen LogP) is 4.80. The molecule has 1 aliphatic rings. The molecule has 3 aromatic carbocycles. The molecular weight excluding hydrogens is 394 g/mol. The van der Waals surface area contributed by atoms with Gasteiger partial charge in [0.05, 0.1) is 16.6 Å². The van der Waals surface area contributed by atoms with E-state index in [4.69, 9.17) is 14.6 Å². The number of carbonyl (C=O) groups is 1. The molecule has 0 spiro atoms. The standard InChI is InChI=1S/C22H14F2N2O4/c23-22(24,15-6-8-18-19(10-15)30-11-29-18)14-4-1-12(2-5-14)20-25-16-7-3-13(21(27)28)9-17(16)26-20/h1-10H,11H2,(H,25,26)(H,27,28). The van der Waals surface area contributed by atoms with Gasteiger partial charge in [-0.15, -0.1) is 0 Å². The van der Waals surface area contributed by atoms with Gasteiger partial charge in [0.1, 0.15) is 5.82 Å². The second-order valence-corrected chi connectivity index (χ2v) is 6.84. The molecule has 5 rings (SSSR count). The van der Waals surface area contributed by atoms with E-state index in [2.05, 4.69) is 9.97 Å². The number of aromatic amines is 1. The number of fused-ring (bicyclic) bond motifs is 2. The van der Waals surface area contributed by atoms with Gasteiger partial charge in [-0.05, 0) is 36.4 Å². The van der Waals surface area contributed by atoms with Crippen LogP contribution < -0.4 is 9.47 Å². The summed E-state index contributed by atoms with van der Waals surface area (Å²) in [4.78, 5) is 18.6. The van der Waals surface area contributed by atoms with Crippen molar-refractivity contribution >= 4 is 17.0 Å². The maximum atomic E-state index is 15.0. The number of H-pyrrole nitrogens is 1. The zero-order valence-corrected chi connectivity index (χ0v) is 15.4. The van der Waals surface area contributed by atoms with Crippen molar-refractivity contribution in [3.8, 4) is 22.9 Å². The minimum Gasteiger partial charge on any atom is -0.478 e. The number of imidazole rings is 1. The fourth-order valence-electron chi connectivity index (χ4n) is 3.38. The lowest BCUT2D eigenvalue weighted by atomic mass is 9.98. The molecule has 1 aliphatic heterocycles. The van der Waals surface area contributed by atoms with Crippen molar-refractivity contribution in [3.63, 3.8) is 0 Å². The monoisotopic (exact) mass is 408 g/mol. The van der Waals surface area contributed by atoms with Crippen LogP contribution in [0.5, 0.6) is 11.5 Å². The molecule has 2 N–H and O–H groups in total. The largest absolute Gasteiger partial charge is 0.478 e. The van der Waals surface area contributed by atoms with E-state index in [0.717, 1.165) is 0 Å². The number of alkyl halides is 2. The number of rotatable bonds is 4. The minimum absolute atomic E-state index is 0.0184. The zero-order valence-electron chi connectivity index (χ0n) is 15.4. The minimum atomic E-state index is -3.22. The number of carboxylic acid groups (broad SMARTS) is 1. The normalized spacial score (nSPS) is 13.0. The first kappa shape index (κ1) is 18.1. The Balaban J connectivity index is 1.46. The SMILES string of the molecule is O=C(O)c1ccc2nc(-c3ccc(C(F)(F)c4ccc5c(c4)OCO5)cc3)[nH]c2c1. The van der Waals surface area contributed by atoms with E-state index >= 15 is 8.78 Å². The Morgan fingerprint density at radius 3 is 2.47 bits per heavy atom. The first-order valence-electron chi connectivity index (χ1n) is 9.04. The van der Waals surface area contributed by atoms with Crippen molar-refractivity contribution in [1.82, 2.24) is 9.97 Å². The fourth-order valence-corrected chi connectivity index (χ4v) is 3.38. The summed E-state index contributed by atoms with van der Waals surface area (Å²) in [7, 11) is 0. The molecule has 0 fully saturated rings. The van der Waals surface area contributed by atoms with Crippen LogP contribution in [0, 0.1) is 0 Å². The summed E-state index contributed by atoms with van der Waals surface area (Å²) in [5.74, 6) is -3.05. The first-order valence-corrected chi connectivity index (χ1v) is 9.04. The lowest BCUT2D eigenvalue weighted by molar-refractivity contribution is 0.0426. The van der Waals surface area contributed by atoms with Gasteiger partial charge in [0, 0.05) is 16.7 Å². The zero-order chi connectivity index (χ0) is 20.9. The van der Waals surface area contributed by atoms with Gasteiger partial charge >= 0.3 is 5.97 Å². The van der Waals surface area contributed by atoms with Crippen LogP contribution in [0.4, 0.5) is 8.78 Å². The third kappa shape index (κ3) is 2.93. The molecule has 0 aliphatic carbocycles. The molecule has 4 aromatic rings. The van der Waals surface area contributed by atoms with Crippen molar-refractivity contribution in [1.29, 1.82) is 0 Å². The van der Waals surface area contributed by atoms with Crippen LogP contribution >= 0.6 is 0 Å². The molecule has 0 saturated carbocycles. The summed E-state index contributed by atoms with van der Waals surface area (Å²) < 4.78 is 40.4. The maximum absolute atomic E-state index is 15.0. The van der Waals surface area contributed by atoms with Crippen LogP contribution in [0.3, 0.4) is 0 Å². The van der Waals surface area contributed by atoms with Crippen LogP contribution in [-0.2, 0) is 5.92 Å². The Kier molecular flexibility index (Phi) is 3.95. The summed E-state index contributed by atoms with van der Waals surface area (Å²) >= 11 is 0. The second kappa shape index (κ2) is 6.55. The van der Waals surface area contributed by atoms with Gasteiger partial charge in [0.2, 0.25) is 6.79 Å². The summed E-state index contributed by atoms with van der Waals surface area (Å²) in [6.07, 6.45) is 0. The molecule has 0 radical (unpaired) electrons. The average molecular weight is 408 g/mol. The van der Waals surface area contributed by atoms with E-state index in [1.165, 1.54) is 42.5 Å². The van der Waals surface area contributed by atoms with Gasteiger partial charge in [0.25, 0.3) is 5.92 Å². The Morgan fingerprint density at radius 2 is 1.70 bits per heavy atom. The van der Waals surface area contributed by atoms with Crippen molar-refractivity contribution in [3.05, 3.63) is 77.4 Å². The van der Waals surface area contributed by atoms with Crippen molar-refractivity contribution in [2.24, 2.45) is 0 Å². The van der Waals surface area contributed by atoms with E-state index in [9.17, 15) is 4.79 Å². The van der Waals surface area contributed by atoms with E-state index in [1.54, 1.807) is 18.2 Å². The number of hydrogen-bond donors (Lipinski definition) is 2. The fraction of sp³-hybridized carbons (Fsp3) is 0.0909. The quantitative estimate of drug-likeness (QED) is 0.507. The highest BCUT2D eigenvalue weighted by Crippen LogP contribution is 2.41. The van der Waals surface area contributed by atoms with Crippen LogP contribution in [0.25, 0.3) is 22.4 Å². The number of aromatic nitrogens is 2. The third-order valence-corrected chi connectivity index (χ3v) is 4.98. The van der Waals surface area contributed by atoms with Gasteiger partial charge < -0.3 is 19.6 Å². The first-order chi connectivity index (χ1) is 14.4. The van der Waals surface area contributed by atoms with Crippen molar-refractivity contribution in [2.75, 3.05) is 6.79 Å². The molecule has 1 aromatic heterocycles. The average Bonchev–Trinajstić information content (AvgIpc) is 3.39. The number of carboxylic acids is 1. The highest BCUT2D eigenvalue weighted by Gasteiger charge is 2.35. The molecule has 150 valence electrons. The third-order valence-electron chi connectivity index (χ3n) is 4.98. The summed E-state index contributed by atoms with van der Waals surface area (Å²) in [5, 5.41) is 9.10. The van der Waals surface area contributed by atoms with Gasteiger partial charge in [-0.2, -0.15) is 8.78 Å². The van der Waals surface area contributed by atoms with Crippen LogP contribution in [-0.4, -0.2) is 27.8 Å². The lowest BCUT2D eigenvalue weighted by Crippen LogP contribution is -2.15. The lowest BCUT2D eigenvalue weighted by Gasteiger charge is -2.18. The molecule has 0 bridgehead atoms. The van der Waals surface area contributed by atoms with Gasteiger partial charge in [0.15, 0.2) is 11.5 Å². The molecule has 0 saturated heterocycles. The van der Waals surface area contributed by atoms with Crippen molar-refractivity contribution in [2.45, 2.75) is 5.92 Å². The van der Waals surface area contributed by atoms with E-state index in [0.29, 0.717) is 33.9 Å². The molecule has 6 nitrogen and oxygen atoms in total. The molecule has 0 amide bonds. The molecule has 2 heterocycles. The number of nitrogens with one attached hydrogen (secondary N) is 1. The van der Waals surface area contributed by atoms with Crippen molar-refractivity contribution < 1.29 is 28.2 Å². The van der Waals surface area contributed by atoms with E-state index in [-0.39, 0.29) is 23.5 Å². The van der Waals surface area contributed by atoms with E-state index in [1.807, 2.05) is 0 Å². The van der Waals surface area contributed by atoms with Crippen LogP contribution in [0.1, 0.15) is 21.5 Å². The van der Waals surface area contributed by atoms with Gasteiger partial charge in [-0.1, -0.05) is 24.3 Å². The Morgan fingerprint density at radius 1 is 0.967 bits per heavy atom. The van der Waals surface area contributed by atoms with Gasteiger partial charge in [-0.25, -0.2) is 9.78 Å². The topological polar surface area (TPSA) is 84.4 Å². The Labute approximate surface area is 168 Å². The summed E-state index contributed by atoms with van der Waals surface area (Å²) in [5.41, 5.74) is 1.52. The molecular formula is C22H14F2N2O4. The Hall–Kier alpha value is -3.94. The Bertz CT molecular complexity index is 1280. The van der Waals surface area contributed by atoms with Crippen LogP contribution in [0.2, 0.25) is 0 Å². The number of benzene rings is 3. The highest BCUT2D eigenvalue weighted by molar-refractivity contribution is 5.93. The summed E-state index contributed by atoms with van der Waals surface area (Å²) in [6, 6.07) is 14.4. The molecule has 0 atom stereocenters. The molecule has 0 unspecified atom stereocenters. The van der Waals surface area contributed by atoms with Gasteiger partial charge in [-0.3, -0.25) is 0 Å². The number of halogens is 2. The summed E-state index contributed by atoms with van der Waals surface area (Å²) in [6.45, 7) is 0.0184. The maximum Gasteiger partial charge on any atom is 0.335 e. The smallest absolute Gasteiger partial charge is 0.335 e. The number of nitrogens with zero attached hydrogens (tertiary/aromatic N) is 1. The second-order valence-electron chi connectivity index (χ2n) is 6.84. The number of hydrogen-bond acceptors (Lipinski definition) is 4. The van der Waals surface area contributed by atoms with Crippen LogP contribution in [0.15, 0.2) is 60.7 Å². The highest BCUT2D eigenvalue weighted by atomic mass is 19.3. The number of ether oxygens (including phenoxy) is 2. The molecule has 30 heavy (non-hydrogen) atoms. The van der Waals surface area contributed by atoms with E-state index < -0.39 is 11.9 Å².